The predicted molar refractivity (Wildman–Crippen MR) is 88.8 cm³/mol. The lowest BCUT2D eigenvalue weighted by molar-refractivity contribution is -0.131. The smallest absolute Gasteiger partial charge is 0.253 e. The highest BCUT2D eigenvalue weighted by molar-refractivity contribution is 5.93. The van der Waals surface area contributed by atoms with Crippen LogP contribution in [0.3, 0.4) is 0 Å². The molecule has 0 unspecified atom stereocenters. The maximum atomic E-state index is 11.8. The van der Waals surface area contributed by atoms with Crippen molar-refractivity contribution in [2.45, 2.75) is 27.3 Å². The lowest BCUT2D eigenvalue weighted by Crippen LogP contribution is -2.41. The molecular weight excluding hydrogens is 294 g/mol. The Labute approximate surface area is 137 Å². The van der Waals surface area contributed by atoms with E-state index in [4.69, 9.17) is 0 Å². The van der Waals surface area contributed by atoms with E-state index in [0.717, 1.165) is 5.56 Å². The molecule has 0 fully saturated rings. The van der Waals surface area contributed by atoms with Crippen molar-refractivity contribution in [3.05, 3.63) is 35.4 Å². The second-order valence-electron chi connectivity index (χ2n) is 6.61. The van der Waals surface area contributed by atoms with E-state index in [-0.39, 0.29) is 24.3 Å². The Kier molecular flexibility index (Phi) is 6.30. The molecule has 1 aromatic rings. The summed E-state index contributed by atoms with van der Waals surface area (Å²) in [5.74, 6) is -0.485. The molecule has 0 aliphatic heterocycles. The summed E-state index contributed by atoms with van der Waals surface area (Å²) in [4.78, 5) is 36.7. The van der Waals surface area contributed by atoms with E-state index in [0.29, 0.717) is 12.1 Å². The molecule has 0 aliphatic rings. The van der Waals surface area contributed by atoms with Crippen molar-refractivity contribution in [2.75, 3.05) is 20.6 Å². The van der Waals surface area contributed by atoms with Crippen molar-refractivity contribution in [3.63, 3.8) is 0 Å². The fraction of sp³-hybridized carbons (Fsp3) is 0.471. The van der Waals surface area contributed by atoms with Gasteiger partial charge in [0.1, 0.15) is 0 Å². The number of carbonyl (C=O) groups is 3. The SMILES string of the molecule is CN(C)C(=O)c1ccc(CNC(=O)CNC(=O)C(C)(C)C)cc1. The molecule has 0 heterocycles. The van der Waals surface area contributed by atoms with Crippen LogP contribution in [0, 0.1) is 5.41 Å². The predicted octanol–water partition coefficient (Wildman–Crippen LogP) is 1.17. The van der Waals surface area contributed by atoms with Crippen LogP contribution in [0.15, 0.2) is 24.3 Å². The molecule has 0 atom stereocenters. The average Bonchev–Trinajstić information content (AvgIpc) is 2.49. The lowest BCUT2D eigenvalue weighted by atomic mass is 9.96. The van der Waals surface area contributed by atoms with Crippen molar-refractivity contribution in [2.24, 2.45) is 5.41 Å². The summed E-state index contributed by atoms with van der Waals surface area (Å²) >= 11 is 0. The van der Waals surface area contributed by atoms with Gasteiger partial charge in [-0.05, 0) is 17.7 Å². The zero-order valence-corrected chi connectivity index (χ0v) is 14.4. The van der Waals surface area contributed by atoms with Gasteiger partial charge in [0.05, 0.1) is 6.54 Å². The fourth-order valence-corrected chi connectivity index (χ4v) is 1.71. The van der Waals surface area contributed by atoms with Crippen LogP contribution in [0.4, 0.5) is 0 Å². The molecule has 0 bridgehead atoms. The van der Waals surface area contributed by atoms with Gasteiger partial charge in [-0.3, -0.25) is 14.4 Å². The van der Waals surface area contributed by atoms with Crippen LogP contribution in [-0.2, 0) is 16.1 Å². The van der Waals surface area contributed by atoms with E-state index in [2.05, 4.69) is 10.6 Å². The zero-order chi connectivity index (χ0) is 17.6. The Hall–Kier alpha value is -2.37. The molecule has 23 heavy (non-hydrogen) atoms. The molecule has 0 saturated heterocycles. The van der Waals surface area contributed by atoms with Crippen molar-refractivity contribution >= 4 is 17.7 Å². The van der Waals surface area contributed by atoms with Gasteiger partial charge >= 0.3 is 0 Å². The third-order valence-corrected chi connectivity index (χ3v) is 3.19. The minimum Gasteiger partial charge on any atom is -0.350 e. The molecule has 6 heteroatoms. The van der Waals surface area contributed by atoms with Crippen LogP contribution in [0.25, 0.3) is 0 Å². The maximum absolute atomic E-state index is 11.8. The van der Waals surface area contributed by atoms with E-state index >= 15 is 0 Å². The van der Waals surface area contributed by atoms with Gasteiger partial charge in [0.25, 0.3) is 5.91 Å². The monoisotopic (exact) mass is 319 g/mol. The van der Waals surface area contributed by atoms with Crippen LogP contribution in [0.5, 0.6) is 0 Å². The van der Waals surface area contributed by atoms with E-state index in [1.165, 1.54) is 4.90 Å². The third kappa shape index (κ3) is 6.10. The summed E-state index contributed by atoms with van der Waals surface area (Å²) < 4.78 is 0. The number of nitrogens with one attached hydrogen (secondary N) is 2. The Bertz CT molecular complexity index is 572. The molecule has 0 aliphatic carbocycles. The molecule has 1 rings (SSSR count). The van der Waals surface area contributed by atoms with Crippen LogP contribution in [-0.4, -0.2) is 43.3 Å². The van der Waals surface area contributed by atoms with Gasteiger partial charge in [0.2, 0.25) is 11.8 Å². The molecule has 0 radical (unpaired) electrons. The highest BCUT2D eigenvalue weighted by Crippen LogP contribution is 2.12. The summed E-state index contributed by atoms with van der Waals surface area (Å²) in [5.41, 5.74) is 0.966. The molecule has 6 nitrogen and oxygen atoms in total. The largest absolute Gasteiger partial charge is 0.350 e. The van der Waals surface area contributed by atoms with E-state index < -0.39 is 5.41 Å². The Balaban J connectivity index is 2.45. The molecule has 0 aromatic heterocycles. The number of benzene rings is 1. The Morgan fingerprint density at radius 3 is 2.04 bits per heavy atom. The quantitative estimate of drug-likeness (QED) is 0.855. The third-order valence-electron chi connectivity index (χ3n) is 3.19. The van der Waals surface area contributed by atoms with Crippen LogP contribution < -0.4 is 10.6 Å². The Morgan fingerprint density at radius 1 is 1.00 bits per heavy atom. The molecule has 0 spiro atoms. The van der Waals surface area contributed by atoms with Crippen molar-refractivity contribution in [3.8, 4) is 0 Å². The fourth-order valence-electron chi connectivity index (χ4n) is 1.71. The first kappa shape index (κ1) is 18.7. The average molecular weight is 319 g/mol. The standard InChI is InChI=1S/C17H25N3O3/c1-17(2,3)16(23)19-11-14(21)18-10-12-6-8-13(9-7-12)15(22)20(4)5/h6-9H,10-11H2,1-5H3,(H,18,21)(H,19,23). The molecule has 0 saturated carbocycles. The first-order valence-corrected chi connectivity index (χ1v) is 7.47. The van der Waals surface area contributed by atoms with E-state index in [9.17, 15) is 14.4 Å². The van der Waals surface area contributed by atoms with Gasteiger partial charge in [0, 0.05) is 31.6 Å². The van der Waals surface area contributed by atoms with Gasteiger partial charge in [-0.1, -0.05) is 32.9 Å². The number of rotatable bonds is 5. The second kappa shape index (κ2) is 7.76. The Morgan fingerprint density at radius 2 is 1.57 bits per heavy atom. The summed E-state index contributed by atoms with van der Waals surface area (Å²) in [7, 11) is 3.39. The minimum absolute atomic E-state index is 0.0483. The normalized spacial score (nSPS) is 10.8. The van der Waals surface area contributed by atoms with Gasteiger partial charge in [-0.15, -0.1) is 0 Å². The number of carbonyl (C=O) groups excluding carboxylic acids is 3. The topological polar surface area (TPSA) is 78.5 Å². The molecule has 1 aromatic carbocycles. The van der Waals surface area contributed by atoms with Crippen molar-refractivity contribution in [1.29, 1.82) is 0 Å². The first-order chi connectivity index (χ1) is 10.6. The summed E-state index contributed by atoms with van der Waals surface area (Å²) in [5, 5.41) is 5.32. The minimum atomic E-state index is -0.519. The van der Waals surface area contributed by atoms with Crippen LogP contribution in [0.1, 0.15) is 36.7 Å². The van der Waals surface area contributed by atoms with Gasteiger partial charge in [-0.25, -0.2) is 0 Å². The van der Waals surface area contributed by atoms with Gasteiger partial charge < -0.3 is 15.5 Å². The summed E-state index contributed by atoms with van der Waals surface area (Å²) in [6.45, 7) is 5.67. The zero-order valence-electron chi connectivity index (χ0n) is 14.4. The lowest BCUT2D eigenvalue weighted by Gasteiger charge is -2.17. The number of amides is 3. The van der Waals surface area contributed by atoms with E-state index in [1.54, 1.807) is 59.1 Å². The van der Waals surface area contributed by atoms with Crippen molar-refractivity contribution in [1.82, 2.24) is 15.5 Å². The van der Waals surface area contributed by atoms with Crippen molar-refractivity contribution < 1.29 is 14.4 Å². The van der Waals surface area contributed by atoms with Crippen LogP contribution in [0.2, 0.25) is 0 Å². The first-order valence-electron chi connectivity index (χ1n) is 7.47. The number of hydrogen-bond donors (Lipinski definition) is 2. The number of hydrogen-bond acceptors (Lipinski definition) is 3. The molecular formula is C17H25N3O3. The van der Waals surface area contributed by atoms with Gasteiger partial charge in [0.15, 0.2) is 0 Å². The van der Waals surface area contributed by atoms with E-state index in [1.807, 2.05) is 0 Å². The highest BCUT2D eigenvalue weighted by atomic mass is 16.2. The second-order valence-corrected chi connectivity index (χ2v) is 6.61. The highest BCUT2D eigenvalue weighted by Gasteiger charge is 2.21. The number of nitrogens with zero attached hydrogens (tertiary/aromatic N) is 1. The molecule has 126 valence electrons. The molecule has 3 amide bonds. The summed E-state index contributed by atoms with van der Waals surface area (Å²) in [6, 6.07) is 7.05. The van der Waals surface area contributed by atoms with Crippen LogP contribution >= 0.6 is 0 Å². The maximum Gasteiger partial charge on any atom is 0.253 e. The van der Waals surface area contributed by atoms with Gasteiger partial charge in [-0.2, -0.15) is 0 Å². The summed E-state index contributed by atoms with van der Waals surface area (Å²) in [6.07, 6.45) is 0. The molecule has 2 N–H and O–H groups in total.